The molecule has 16 bridgehead atoms. The molecule has 0 aliphatic heterocycles. The van der Waals surface area contributed by atoms with Crippen molar-refractivity contribution in [1.82, 2.24) is 0 Å². The van der Waals surface area contributed by atoms with E-state index in [4.69, 9.17) is 28.4 Å². The molecule has 0 aromatic carbocycles. The van der Waals surface area contributed by atoms with Gasteiger partial charge in [-0.15, -0.1) is 0 Å². The van der Waals surface area contributed by atoms with Crippen molar-refractivity contribution in [3.05, 3.63) is 0 Å². The summed E-state index contributed by atoms with van der Waals surface area (Å²) in [5.74, 6) is 13.5. The highest BCUT2D eigenvalue weighted by atomic mass is 16.7. The standard InChI is InChI=1S/C31H46O4.C30H44O4.C10H20O3.6CH4/c1-5-30(3,4)29(33)34-25-15-19-14-24(25)27-22-12-18(26(19)27)13-23(22)28(32)35-31(6-2)20-8-16-7-17(10-20)11-21(31)9-16;1-5-29(2,3)28(32)33-24-14-18-13-23(24)26-21-11-17(25(18)26)12-22(21)27(31)34-30(4)19-7-15-6-16(9-19)10-20(30)8-15;1-5-7-12-8-13-9(11)10(3,4)6-2;;;;;;/h16-27H,5-15H2,1-4H3;15-26H,5-14H2,1-4H3;5-8H2,1-4H3;6*1H4. The second-order valence-corrected chi connectivity index (χ2v) is 33.1. The van der Waals surface area contributed by atoms with Gasteiger partial charge in [0.05, 0.1) is 34.7 Å². The summed E-state index contributed by atoms with van der Waals surface area (Å²) in [6.07, 6.45) is 26.7. The maximum Gasteiger partial charge on any atom is 0.313 e. The van der Waals surface area contributed by atoms with E-state index in [1.807, 2.05) is 55.4 Å². The summed E-state index contributed by atoms with van der Waals surface area (Å²) in [4.78, 5) is 64.7. The molecule has 11 nitrogen and oxygen atoms in total. The van der Waals surface area contributed by atoms with Crippen molar-refractivity contribution in [3.8, 4) is 0 Å². The van der Waals surface area contributed by atoms with Gasteiger partial charge in [0.15, 0.2) is 6.79 Å². The van der Waals surface area contributed by atoms with Crippen LogP contribution in [-0.2, 0) is 52.4 Å². The fourth-order valence-electron chi connectivity index (χ4n) is 23.1. The topological polar surface area (TPSA) is 141 Å². The van der Waals surface area contributed by atoms with Gasteiger partial charge in [-0.1, -0.05) is 79.2 Å². The smallest absolute Gasteiger partial charge is 0.313 e. The van der Waals surface area contributed by atoms with Crippen LogP contribution in [0.15, 0.2) is 0 Å². The Morgan fingerprint density at radius 1 is 0.409 bits per heavy atom. The summed E-state index contributed by atoms with van der Waals surface area (Å²) in [7, 11) is 0. The van der Waals surface area contributed by atoms with Crippen LogP contribution in [0.4, 0.5) is 0 Å². The predicted molar refractivity (Wildman–Crippen MR) is 353 cm³/mol. The lowest BCUT2D eigenvalue weighted by atomic mass is 9.49. The van der Waals surface area contributed by atoms with Crippen LogP contribution in [0.3, 0.4) is 0 Å². The fourth-order valence-corrected chi connectivity index (χ4v) is 23.1. The molecule has 16 aliphatic carbocycles. The van der Waals surface area contributed by atoms with E-state index in [-0.39, 0.29) is 116 Å². The normalized spacial score (nSPS) is 43.5. The third-order valence-electron chi connectivity index (χ3n) is 28.0. The molecule has 16 fully saturated rings. The average molecular weight is 1240 g/mol. The van der Waals surface area contributed by atoms with Gasteiger partial charge in [-0.3, -0.25) is 24.0 Å². The molecule has 88 heavy (non-hydrogen) atoms. The first-order valence-corrected chi connectivity index (χ1v) is 34.6. The van der Waals surface area contributed by atoms with Gasteiger partial charge in [0.2, 0.25) is 0 Å². The van der Waals surface area contributed by atoms with Gasteiger partial charge in [0, 0.05) is 0 Å². The van der Waals surface area contributed by atoms with Crippen LogP contribution in [0.5, 0.6) is 0 Å². The molecule has 0 spiro atoms. The Morgan fingerprint density at radius 2 is 0.761 bits per heavy atom. The van der Waals surface area contributed by atoms with Crippen molar-refractivity contribution >= 4 is 29.8 Å². The predicted octanol–water partition coefficient (Wildman–Crippen LogP) is 18.6. The average Bonchev–Trinajstić information content (AvgIpc) is 1.52. The quantitative estimate of drug-likeness (QED) is 0.0452. The zero-order valence-corrected chi connectivity index (χ0v) is 53.0. The highest BCUT2D eigenvalue weighted by Gasteiger charge is 2.70. The van der Waals surface area contributed by atoms with E-state index in [0.717, 1.165) is 93.3 Å². The van der Waals surface area contributed by atoms with Crippen LogP contribution in [0, 0.1) is 146 Å². The maximum absolute atomic E-state index is 13.9. The van der Waals surface area contributed by atoms with Gasteiger partial charge >= 0.3 is 29.8 Å². The number of ether oxygens (including phenoxy) is 6. The molecule has 16 unspecified atom stereocenters. The van der Waals surface area contributed by atoms with Crippen molar-refractivity contribution in [2.75, 3.05) is 13.4 Å². The second-order valence-electron chi connectivity index (χ2n) is 33.1. The van der Waals surface area contributed by atoms with E-state index in [1.54, 1.807) is 0 Å². The van der Waals surface area contributed by atoms with E-state index in [9.17, 15) is 24.0 Å². The number of esters is 5. The highest BCUT2D eigenvalue weighted by molar-refractivity contribution is 5.77. The van der Waals surface area contributed by atoms with E-state index < -0.39 is 16.2 Å². The van der Waals surface area contributed by atoms with Crippen LogP contribution in [0.1, 0.15) is 275 Å². The van der Waals surface area contributed by atoms with Crippen molar-refractivity contribution in [3.63, 3.8) is 0 Å². The number of hydrogen-bond acceptors (Lipinski definition) is 11. The van der Waals surface area contributed by atoms with Crippen LogP contribution in [0.2, 0.25) is 0 Å². The number of carbonyl (C=O) groups is 5. The Bertz CT molecular complexity index is 2350. The van der Waals surface area contributed by atoms with Crippen molar-refractivity contribution in [2.45, 2.75) is 299 Å². The zero-order chi connectivity index (χ0) is 58.2. The Labute approximate surface area is 538 Å². The molecule has 0 amide bonds. The van der Waals surface area contributed by atoms with E-state index in [2.05, 4.69) is 27.7 Å². The first-order valence-electron chi connectivity index (χ1n) is 34.6. The fraction of sp³-hybridized carbons (Fsp3) is 0.935. The lowest BCUT2D eigenvalue weighted by Crippen LogP contribution is -2.60. The summed E-state index contributed by atoms with van der Waals surface area (Å²) in [5.41, 5.74) is -1.60. The third-order valence-corrected chi connectivity index (χ3v) is 28.0. The zero-order valence-electron chi connectivity index (χ0n) is 53.0. The lowest BCUT2D eigenvalue weighted by Gasteiger charge is -2.60. The second kappa shape index (κ2) is 27.7. The van der Waals surface area contributed by atoms with Gasteiger partial charge in [-0.05, 0) is 315 Å². The molecule has 0 aromatic rings. The van der Waals surface area contributed by atoms with Crippen LogP contribution < -0.4 is 0 Å². The first kappa shape index (κ1) is 74.4. The van der Waals surface area contributed by atoms with Crippen molar-refractivity contribution < 1.29 is 52.4 Å². The van der Waals surface area contributed by atoms with E-state index in [1.165, 1.54) is 89.9 Å². The Balaban J connectivity index is 0.000000222. The molecule has 0 aromatic heterocycles. The monoisotopic (exact) mass is 1230 g/mol. The highest BCUT2D eigenvalue weighted by Crippen LogP contribution is 2.72. The first-order chi connectivity index (χ1) is 39.0. The summed E-state index contributed by atoms with van der Waals surface area (Å²) in [6.45, 7) is 25.1. The number of carbonyl (C=O) groups excluding carboxylic acids is 5. The molecule has 16 saturated carbocycles. The Hall–Kier alpha value is -2.69. The summed E-state index contributed by atoms with van der Waals surface area (Å²) < 4.78 is 35.7. The molecular weight excluding hydrogens is 1100 g/mol. The Morgan fingerprint density at radius 3 is 1.14 bits per heavy atom. The molecule has 16 aliphatic rings. The molecule has 11 heteroatoms. The van der Waals surface area contributed by atoms with Gasteiger partial charge in [0.25, 0.3) is 0 Å². The summed E-state index contributed by atoms with van der Waals surface area (Å²) >= 11 is 0. The van der Waals surface area contributed by atoms with Gasteiger partial charge < -0.3 is 28.4 Å². The van der Waals surface area contributed by atoms with E-state index >= 15 is 0 Å². The minimum atomic E-state index is -0.407. The van der Waals surface area contributed by atoms with E-state index in [0.29, 0.717) is 89.5 Å². The molecule has 16 rings (SSSR count). The minimum Gasteiger partial charge on any atom is -0.462 e. The molecule has 16 atom stereocenters. The molecule has 0 heterocycles. The van der Waals surface area contributed by atoms with Gasteiger partial charge in [-0.25, -0.2) is 0 Å². The molecular formula is C77H134O11. The van der Waals surface area contributed by atoms with Crippen LogP contribution in [-0.4, -0.2) is 66.7 Å². The van der Waals surface area contributed by atoms with Gasteiger partial charge in [0.1, 0.15) is 23.4 Å². The number of hydrogen-bond donors (Lipinski definition) is 0. The molecule has 508 valence electrons. The van der Waals surface area contributed by atoms with Crippen molar-refractivity contribution in [1.29, 1.82) is 0 Å². The lowest BCUT2D eigenvalue weighted by molar-refractivity contribution is -0.217. The summed E-state index contributed by atoms with van der Waals surface area (Å²) in [5, 5.41) is 0. The third kappa shape index (κ3) is 12.6. The largest absolute Gasteiger partial charge is 0.462 e. The number of rotatable bonds is 17. The maximum atomic E-state index is 13.9. The minimum absolute atomic E-state index is 0. The number of fused-ring (bicyclic) bond motifs is 18. The van der Waals surface area contributed by atoms with Crippen molar-refractivity contribution in [2.24, 2.45) is 146 Å². The summed E-state index contributed by atoms with van der Waals surface area (Å²) in [6, 6.07) is 0. The molecule has 0 N–H and O–H groups in total. The van der Waals surface area contributed by atoms with Crippen LogP contribution in [0.25, 0.3) is 0 Å². The van der Waals surface area contributed by atoms with Gasteiger partial charge in [-0.2, -0.15) is 0 Å². The molecule has 0 saturated heterocycles. The molecule has 0 radical (unpaired) electrons. The Kier molecular flexibility index (Phi) is 23.4. The van der Waals surface area contributed by atoms with Crippen LogP contribution >= 0.6 is 0 Å². The SMILES string of the molecule is C.C.C.C.C.C.CCC(C)(C)C(=O)OC1CC2CC1C1C3CC(CC3C(=O)OC3(C)C4CC5CC(C4)CC3C5)C21.CCC(C)(C)C(=O)OC1CC2CC1C1C3CC(CC3C(=O)OC3(CC)C4CC5CC(C4)CC3C5)C21.CCCOCOC(=O)C(C)(C)CC.